The lowest BCUT2D eigenvalue weighted by molar-refractivity contribution is -0.143. The van der Waals surface area contributed by atoms with Crippen molar-refractivity contribution in [2.24, 2.45) is 0 Å². The molecule has 0 rings (SSSR count). The first kappa shape index (κ1) is 17.3. The maximum Gasteiger partial charge on any atom is 0.303 e. The summed E-state index contributed by atoms with van der Waals surface area (Å²) < 4.78 is 0. The van der Waals surface area contributed by atoms with Gasteiger partial charge in [0.05, 0.1) is 12.8 Å². The second kappa shape index (κ2) is 10.4. The van der Waals surface area contributed by atoms with Crippen LogP contribution in [0.3, 0.4) is 0 Å². The van der Waals surface area contributed by atoms with Gasteiger partial charge in [-0.25, -0.2) is 0 Å². The van der Waals surface area contributed by atoms with Crippen LogP contribution >= 0.6 is 0 Å². The highest BCUT2D eigenvalue weighted by Crippen LogP contribution is 1.93. The molecule has 0 spiro atoms. The van der Waals surface area contributed by atoms with Crippen LogP contribution in [0, 0.1) is 0 Å². The summed E-state index contributed by atoms with van der Waals surface area (Å²) in [7, 11) is 0. The molecule has 0 aliphatic heterocycles. The quantitative estimate of drug-likeness (QED) is 0.502. The predicted octanol–water partition coefficient (Wildman–Crippen LogP) is 0.262. The lowest BCUT2D eigenvalue weighted by Crippen LogP contribution is -2.00. The zero-order valence-electron chi connectivity index (χ0n) is 8.96. The Bertz CT molecular complexity index is 255. The first-order valence-corrected chi connectivity index (χ1v) is 4.63. The van der Waals surface area contributed by atoms with Crippen LogP contribution < -0.4 is 0 Å². The van der Waals surface area contributed by atoms with E-state index in [2.05, 4.69) is 0 Å². The summed E-state index contributed by atoms with van der Waals surface area (Å²) in [5.41, 5.74) is 0. The average molecular weight is 250 g/mol. The highest BCUT2D eigenvalue weighted by atomic mass is 16.4. The van der Waals surface area contributed by atoms with E-state index >= 15 is 0 Å². The Morgan fingerprint density at radius 2 is 0.765 bits per heavy atom. The van der Waals surface area contributed by atoms with Gasteiger partial charge in [-0.2, -0.15) is 0 Å². The molecule has 0 saturated carbocycles. The van der Waals surface area contributed by atoms with Crippen LogP contribution in [0.4, 0.5) is 0 Å². The third-order valence-electron chi connectivity index (χ3n) is 1.33. The fourth-order valence-electron chi connectivity index (χ4n) is 0.605. The average Bonchev–Trinajstić information content (AvgIpc) is 2.14. The molecule has 0 unspecified atom stereocenters. The molecule has 0 aliphatic rings. The molecule has 4 N–H and O–H groups in total. The number of carboxylic acid groups (broad SMARTS) is 4. The van der Waals surface area contributed by atoms with Crippen molar-refractivity contribution in [1.82, 2.24) is 0 Å². The molecule has 0 aromatic heterocycles. The molecule has 0 aromatic carbocycles. The Balaban J connectivity index is 0. The summed E-state index contributed by atoms with van der Waals surface area (Å²) in [6.45, 7) is 0. The van der Waals surface area contributed by atoms with Gasteiger partial charge in [0.1, 0.15) is 0 Å². The molecule has 0 bridgehead atoms. The number of aliphatic carboxylic acids is 4. The maximum absolute atomic E-state index is 9.79. The van der Waals surface area contributed by atoms with Crippen molar-refractivity contribution in [3.05, 3.63) is 0 Å². The number of carbonyl (C=O) groups is 4. The molecule has 0 aliphatic carbocycles. The van der Waals surface area contributed by atoms with Gasteiger partial charge in [0.2, 0.25) is 0 Å². The monoisotopic (exact) mass is 250 g/mol. The van der Waals surface area contributed by atoms with Crippen molar-refractivity contribution in [2.45, 2.75) is 32.1 Å². The van der Waals surface area contributed by atoms with Crippen LogP contribution in [-0.4, -0.2) is 44.3 Å². The molecule has 8 nitrogen and oxygen atoms in total. The molecule has 0 heterocycles. The van der Waals surface area contributed by atoms with Gasteiger partial charge in [-0.3, -0.25) is 19.2 Å². The molecular formula is C9H14O8. The van der Waals surface area contributed by atoms with Crippen LogP contribution in [0.15, 0.2) is 0 Å². The minimum Gasteiger partial charge on any atom is -0.481 e. The van der Waals surface area contributed by atoms with Crippen molar-refractivity contribution < 1.29 is 39.6 Å². The fraction of sp³-hybridized carbons (Fsp3) is 0.556. The van der Waals surface area contributed by atoms with E-state index in [-0.39, 0.29) is 32.1 Å². The lowest BCUT2D eigenvalue weighted by atomic mass is 10.2. The molecule has 0 amide bonds. The molecule has 8 heteroatoms. The molecule has 17 heavy (non-hydrogen) atoms. The summed E-state index contributed by atoms with van der Waals surface area (Å²) in [4.78, 5) is 38.9. The van der Waals surface area contributed by atoms with Gasteiger partial charge in [0, 0.05) is 12.8 Å². The van der Waals surface area contributed by atoms with Gasteiger partial charge in [-0.1, -0.05) is 0 Å². The Hall–Kier alpha value is -2.12. The number of hydrogen-bond donors (Lipinski definition) is 4. The summed E-state index contributed by atoms with van der Waals surface area (Å²) in [6, 6.07) is 0. The van der Waals surface area contributed by atoms with Gasteiger partial charge in [0.25, 0.3) is 0 Å². The van der Waals surface area contributed by atoms with Gasteiger partial charge in [0.15, 0.2) is 0 Å². The topological polar surface area (TPSA) is 149 Å². The van der Waals surface area contributed by atoms with E-state index in [1.54, 1.807) is 0 Å². The molecule has 0 saturated heterocycles. The SMILES string of the molecule is O=C(O)CCC(=O)O.O=C(O)CCCC(=O)O. The third-order valence-corrected chi connectivity index (χ3v) is 1.33. The van der Waals surface area contributed by atoms with Crippen LogP contribution in [0.25, 0.3) is 0 Å². The van der Waals surface area contributed by atoms with Crippen LogP contribution in [0.2, 0.25) is 0 Å². The van der Waals surface area contributed by atoms with E-state index in [0.717, 1.165) is 0 Å². The normalized spacial score (nSPS) is 8.71. The van der Waals surface area contributed by atoms with E-state index in [0.29, 0.717) is 0 Å². The second-order valence-corrected chi connectivity index (χ2v) is 2.93. The molecule has 0 radical (unpaired) electrons. The van der Waals surface area contributed by atoms with Crippen molar-refractivity contribution >= 4 is 23.9 Å². The van der Waals surface area contributed by atoms with E-state index in [9.17, 15) is 19.2 Å². The molecular weight excluding hydrogens is 236 g/mol. The standard InChI is InChI=1S/C5H8O4.C4H6O4/c6-4(7)2-1-3-5(8)9;5-3(6)1-2-4(7)8/h1-3H2,(H,6,7)(H,8,9);1-2H2,(H,5,6)(H,7,8). The third kappa shape index (κ3) is 24.8. The summed E-state index contributed by atoms with van der Waals surface area (Å²) in [6.07, 6.45) is -0.506. The van der Waals surface area contributed by atoms with E-state index in [1.165, 1.54) is 0 Å². The predicted molar refractivity (Wildman–Crippen MR) is 53.6 cm³/mol. The Morgan fingerprint density at radius 3 is 0.941 bits per heavy atom. The van der Waals surface area contributed by atoms with Crippen molar-refractivity contribution in [2.75, 3.05) is 0 Å². The second-order valence-electron chi connectivity index (χ2n) is 2.93. The fourth-order valence-corrected chi connectivity index (χ4v) is 0.605. The van der Waals surface area contributed by atoms with E-state index < -0.39 is 23.9 Å². The van der Waals surface area contributed by atoms with Crippen LogP contribution in [-0.2, 0) is 19.2 Å². The largest absolute Gasteiger partial charge is 0.481 e. The first-order valence-electron chi connectivity index (χ1n) is 4.63. The van der Waals surface area contributed by atoms with E-state index in [1.807, 2.05) is 0 Å². The maximum atomic E-state index is 9.79. The van der Waals surface area contributed by atoms with Gasteiger partial charge < -0.3 is 20.4 Å². The van der Waals surface area contributed by atoms with Gasteiger partial charge in [-0.05, 0) is 6.42 Å². The Morgan fingerprint density at radius 1 is 0.529 bits per heavy atom. The smallest absolute Gasteiger partial charge is 0.303 e. The van der Waals surface area contributed by atoms with E-state index in [4.69, 9.17) is 20.4 Å². The minimum atomic E-state index is -1.08. The first-order chi connectivity index (χ1) is 7.75. The summed E-state index contributed by atoms with van der Waals surface area (Å²) >= 11 is 0. The summed E-state index contributed by atoms with van der Waals surface area (Å²) in [5.74, 6) is -4.05. The molecule has 0 fully saturated rings. The van der Waals surface area contributed by atoms with Crippen molar-refractivity contribution in [1.29, 1.82) is 0 Å². The number of rotatable bonds is 7. The highest BCUT2D eigenvalue weighted by Gasteiger charge is 2.00. The van der Waals surface area contributed by atoms with Crippen molar-refractivity contribution in [3.63, 3.8) is 0 Å². The molecule has 98 valence electrons. The lowest BCUT2D eigenvalue weighted by Gasteiger charge is -1.89. The molecule has 0 atom stereocenters. The van der Waals surface area contributed by atoms with Crippen molar-refractivity contribution in [3.8, 4) is 0 Å². The van der Waals surface area contributed by atoms with Gasteiger partial charge in [-0.15, -0.1) is 0 Å². The minimum absolute atomic E-state index is 0.0632. The zero-order valence-corrected chi connectivity index (χ0v) is 8.96. The van der Waals surface area contributed by atoms with Crippen LogP contribution in [0.1, 0.15) is 32.1 Å². The Labute approximate surface area is 96.5 Å². The summed E-state index contributed by atoms with van der Waals surface area (Å²) in [5, 5.41) is 31.9. The zero-order chi connectivity index (χ0) is 13.8. The Kier molecular flexibility index (Phi) is 10.6. The molecule has 0 aromatic rings. The van der Waals surface area contributed by atoms with Gasteiger partial charge >= 0.3 is 23.9 Å². The number of carboxylic acids is 4. The number of hydrogen-bond acceptors (Lipinski definition) is 4. The van der Waals surface area contributed by atoms with Crippen LogP contribution in [0.5, 0.6) is 0 Å². The highest BCUT2D eigenvalue weighted by molar-refractivity contribution is 5.75.